The minimum Gasteiger partial charge on any atom is -0.478 e. The summed E-state index contributed by atoms with van der Waals surface area (Å²) in [5, 5.41) is 8.56. The molecule has 0 radical (unpaired) electrons. The smallest absolute Gasteiger partial charge is 0.478 e. The van der Waals surface area contributed by atoms with Gasteiger partial charge in [0.05, 0.1) is 0 Å². The van der Waals surface area contributed by atoms with Gasteiger partial charge in [0.1, 0.15) is 6.10 Å². The van der Waals surface area contributed by atoms with Crippen molar-refractivity contribution in [3.63, 3.8) is 0 Å². The molecule has 0 aromatic heterocycles. The van der Waals surface area contributed by atoms with E-state index in [1.807, 2.05) is 0 Å². The molecule has 1 saturated heterocycles. The largest absolute Gasteiger partial charge is 0.509 e. The van der Waals surface area contributed by atoms with Gasteiger partial charge in [-0.1, -0.05) is 12.2 Å². The molecule has 0 amide bonds. The number of hydrogen-bond acceptors (Lipinski definition) is 4. The molecular weight excluding hydrogens is 200 g/mol. The quantitative estimate of drug-likeness (QED) is 0.436. The first-order chi connectivity index (χ1) is 7.00. The zero-order valence-corrected chi connectivity index (χ0v) is 8.47. The van der Waals surface area contributed by atoms with Crippen LogP contribution in [0.3, 0.4) is 0 Å². The second-order valence-electron chi connectivity index (χ2n) is 3.20. The van der Waals surface area contributed by atoms with Crippen LogP contribution >= 0.6 is 0 Å². The van der Waals surface area contributed by atoms with Gasteiger partial charge in [-0.05, 0) is 19.9 Å². The maximum absolute atomic E-state index is 10.7. The highest BCUT2D eigenvalue weighted by atomic mass is 16.8. The number of ether oxygens (including phenoxy) is 2. The van der Waals surface area contributed by atoms with Gasteiger partial charge >= 0.3 is 12.1 Å². The molecule has 0 saturated carbocycles. The molecule has 1 aliphatic heterocycles. The SMILES string of the molecule is C/C(=C\C=C\[C@@H]1OC(=O)O[C@H]1C)C(=O)O. The average molecular weight is 212 g/mol. The lowest BCUT2D eigenvalue weighted by molar-refractivity contribution is -0.132. The van der Waals surface area contributed by atoms with Gasteiger partial charge in [-0.2, -0.15) is 0 Å². The Morgan fingerprint density at radius 1 is 1.47 bits per heavy atom. The third-order valence-corrected chi connectivity index (χ3v) is 1.96. The summed E-state index contributed by atoms with van der Waals surface area (Å²) in [7, 11) is 0. The Morgan fingerprint density at radius 3 is 2.60 bits per heavy atom. The van der Waals surface area contributed by atoms with E-state index >= 15 is 0 Å². The fraction of sp³-hybridized carbons (Fsp3) is 0.400. The van der Waals surface area contributed by atoms with E-state index in [4.69, 9.17) is 14.6 Å². The van der Waals surface area contributed by atoms with Crippen LogP contribution in [0.2, 0.25) is 0 Å². The summed E-state index contributed by atoms with van der Waals surface area (Å²) in [5.41, 5.74) is 0.212. The lowest BCUT2D eigenvalue weighted by Crippen LogP contribution is -2.15. The monoisotopic (exact) mass is 212 g/mol. The molecule has 0 aliphatic carbocycles. The van der Waals surface area contributed by atoms with Crippen molar-refractivity contribution in [2.24, 2.45) is 0 Å². The maximum Gasteiger partial charge on any atom is 0.509 e. The number of carbonyl (C=O) groups excluding carboxylic acids is 1. The Balaban J connectivity index is 2.55. The summed E-state index contributed by atoms with van der Waals surface area (Å²) in [4.78, 5) is 21.1. The van der Waals surface area contributed by atoms with Crippen molar-refractivity contribution in [2.75, 3.05) is 0 Å². The van der Waals surface area contributed by atoms with Gasteiger partial charge in [-0.25, -0.2) is 9.59 Å². The lowest BCUT2D eigenvalue weighted by atomic mass is 10.2. The number of aliphatic carboxylic acids is 1. The van der Waals surface area contributed by atoms with Crippen molar-refractivity contribution in [3.8, 4) is 0 Å². The summed E-state index contributed by atoms with van der Waals surface area (Å²) in [6, 6.07) is 0. The van der Waals surface area contributed by atoms with Crippen LogP contribution in [-0.4, -0.2) is 29.4 Å². The van der Waals surface area contributed by atoms with Gasteiger partial charge in [0.15, 0.2) is 6.10 Å². The predicted molar refractivity (Wildman–Crippen MR) is 51.3 cm³/mol. The molecule has 15 heavy (non-hydrogen) atoms. The molecule has 82 valence electrons. The number of rotatable bonds is 3. The number of carboxylic acids is 1. The minimum absolute atomic E-state index is 0.212. The van der Waals surface area contributed by atoms with Gasteiger partial charge in [0.25, 0.3) is 0 Å². The molecule has 0 spiro atoms. The molecule has 1 N–H and O–H groups in total. The normalized spacial score (nSPS) is 26.5. The van der Waals surface area contributed by atoms with Crippen molar-refractivity contribution < 1.29 is 24.2 Å². The van der Waals surface area contributed by atoms with E-state index in [1.54, 1.807) is 13.0 Å². The molecule has 1 aliphatic rings. The lowest BCUT2D eigenvalue weighted by Gasteiger charge is -2.03. The van der Waals surface area contributed by atoms with Crippen LogP contribution in [0.25, 0.3) is 0 Å². The number of cyclic esters (lactones) is 2. The van der Waals surface area contributed by atoms with E-state index in [2.05, 4.69) is 0 Å². The molecule has 0 bridgehead atoms. The number of hydrogen-bond donors (Lipinski definition) is 1. The summed E-state index contributed by atoms with van der Waals surface area (Å²) in [6.07, 6.45) is 3.06. The van der Waals surface area contributed by atoms with Gasteiger partial charge in [0.2, 0.25) is 0 Å². The van der Waals surface area contributed by atoms with Gasteiger partial charge < -0.3 is 14.6 Å². The standard InChI is InChI=1S/C10H12O5/c1-6(9(11)12)4-3-5-8-7(2)14-10(13)15-8/h3-5,7-8H,1-2H3,(H,11,12)/b5-3+,6-4+/t7-,8-/m0/s1. The second kappa shape index (κ2) is 4.63. The van der Waals surface area contributed by atoms with E-state index in [0.29, 0.717) is 0 Å². The maximum atomic E-state index is 10.7. The second-order valence-corrected chi connectivity index (χ2v) is 3.20. The Labute approximate surface area is 87.0 Å². The van der Waals surface area contributed by atoms with E-state index in [-0.39, 0.29) is 11.7 Å². The topological polar surface area (TPSA) is 72.8 Å². The van der Waals surface area contributed by atoms with Crippen LogP contribution in [0, 0.1) is 0 Å². The number of allylic oxidation sites excluding steroid dienone is 2. The molecule has 1 rings (SSSR count). The zero-order chi connectivity index (χ0) is 11.4. The van der Waals surface area contributed by atoms with E-state index < -0.39 is 18.2 Å². The average Bonchev–Trinajstić information content (AvgIpc) is 2.45. The minimum atomic E-state index is -0.979. The van der Waals surface area contributed by atoms with Crippen LogP contribution in [0.4, 0.5) is 4.79 Å². The van der Waals surface area contributed by atoms with Crippen molar-refractivity contribution in [1.29, 1.82) is 0 Å². The fourth-order valence-corrected chi connectivity index (χ4v) is 1.03. The first-order valence-corrected chi connectivity index (χ1v) is 4.46. The predicted octanol–water partition coefficient (Wildman–Crippen LogP) is 1.50. The Bertz CT molecular complexity index is 329. The summed E-state index contributed by atoms with van der Waals surface area (Å²) < 4.78 is 9.52. The molecular formula is C10H12O5. The first-order valence-electron chi connectivity index (χ1n) is 4.46. The Morgan fingerprint density at radius 2 is 2.13 bits per heavy atom. The number of carboxylic acid groups (broad SMARTS) is 1. The fourth-order valence-electron chi connectivity index (χ4n) is 1.03. The van der Waals surface area contributed by atoms with Crippen molar-refractivity contribution in [3.05, 3.63) is 23.8 Å². The van der Waals surface area contributed by atoms with Crippen LogP contribution in [0.1, 0.15) is 13.8 Å². The van der Waals surface area contributed by atoms with Crippen LogP contribution < -0.4 is 0 Å². The van der Waals surface area contributed by atoms with Crippen molar-refractivity contribution in [2.45, 2.75) is 26.1 Å². The molecule has 5 nitrogen and oxygen atoms in total. The molecule has 5 heteroatoms. The van der Waals surface area contributed by atoms with Gasteiger partial charge in [0, 0.05) is 5.57 Å². The first kappa shape index (κ1) is 11.3. The molecule has 0 aromatic rings. The van der Waals surface area contributed by atoms with Gasteiger partial charge in [-0.3, -0.25) is 0 Å². The molecule has 1 fully saturated rings. The van der Waals surface area contributed by atoms with Crippen LogP contribution in [0.15, 0.2) is 23.8 Å². The van der Waals surface area contributed by atoms with Crippen LogP contribution in [0.5, 0.6) is 0 Å². The molecule has 1 heterocycles. The summed E-state index contributed by atoms with van der Waals surface area (Å²) in [6.45, 7) is 3.18. The highest BCUT2D eigenvalue weighted by Crippen LogP contribution is 2.15. The Hall–Kier alpha value is -1.78. The van der Waals surface area contributed by atoms with E-state index in [1.165, 1.54) is 19.1 Å². The Kier molecular flexibility index (Phi) is 3.49. The third kappa shape index (κ3) is 3.12. The van der Waals surface area contributed by atoms with E-state index in [9.17, 15) is 9.59 Å². The molecule has 0 aromatic carbocycles. The highest BCUT2D eigenvalue weighted by molar-refractivity contribution is 5.86. The van der Waals surface area contributed by atoms with Gasteiger partial charge in [-0.15, -0.1) is 0 Å². The molecule has 0 unspecified atom stereocenters. The van der Waals surface area contributed by atoms with Crippen molar-refractivity contribution >= 4 is 12.1 Å². The molecule has 2 atom stereocenters. The number of carbonyl (C=O) groups is 2. The summed E-state index contributed by atoms with van der Waals surface area (Å²) >= 11 is 0. The zero-order valence-electron chi connectivity index (χ0n) is 8.47. The highest BCUT2D eigenvalue weighted by Gasteiger charge is 2.30. The van der Waals surface area contributed by atoms with Crippen molar-refractivity contribution in [1.82, 2.24) is 0 Å². The third-order valence-electron chi connectivity index (χ3n) is 1.96. The summed E-state index contributed by atoms with van der Waals surface area (Å²) in [5.74, 6) is -0.979. The van der Waals surface area contributed by atoms with Crippen LogP contribution in [-0.2, 0) is 14.3 Å². The van der Waals surface area contributed by atoms with E-state index in [0.717, 1.165) is 0 Å².